The van der Waals surface area contributed by atoms with E-state index >= 15 is 0 Å². The number of anilines is 2. The predicted octanol–water partition coefficient (Wildman–Crippen LogP) is 4.79. The Morgan fingerprint density at radius 1 is 1.18 bits per heavy atom. The van der Waals surface area contributed by atoms with Crippen molar-refractivity contribution in [3.63, 3.8) is 0 Å². The van der Waals surface area contributed by atoms with E-state index in [4.69, 9.17) is 5.73 Å². The second-order valence-electron chi connectivity index (χ2n) is 6.01. The monoisotopic (exact) mass is 410 g/mol. The fraction of sp³-hybridized carbons (Fsp3) is 0.0526. The Bertz CT molecular complexity index is 1180. The summed E-state index contributed by atoms with van der Waals surface area (Å²) in [7, 11) is 1.61. The number of aromatic nitrogens is 1. The zero-order chi connectivity index (χ0) is 19.8. The molecule has 0 atom stereocenters. The van der Waals surface area contributed by atoms with Gasteiger partial charge in [-0.3, -0.25) is 14.9 Å². The van der Waals surface area contributed by atoms with Gasteiger partial charge in [0.05, 0.1) is 21.2 Å². The fourth-order valence-electron chi connectivity index (χ4n) is 2.79. The van der Waals surface area contributed by atoms with Crippen molar-refractivity contribution >= 4 is 55.9 Å². The lowest BCUT2D eigenvalue weighted by Crippen LogP contribution is -2.26. The number of nitro benzene ring substituents is 1. The number of hydrogen-bond donors (Lipinski definition) is 1. The van der Waals surface area contributed by atoms with Crippen LogP contribution >= 0.6 is 22.7 Å². The molecule has 4 rings (SSSR count). The maximum Gasteiger partial charge on any atom is 0.270 e. The van der Waals surface area contributed by atoms with Gasteiger partial charge < -0.3 is 10.6 Å². The Morgan fingerprint density at radius 3 is 2.57 bits per heavy atom. The summed E-state index contributed by atoms with van der Waals surface area (Å²) in [5.41, 5.74) is 7.97. The minimum atomic E-state index is -0.480. The summed E-state index contributed by atoms with van der Waals surface area (Å²) in [4.78, 5) is 31.5. The van der Waals surface area contributed by atoms with Gasteiger partial charge >= 0.3 is 0 Å². The SMILES string of the molecule is CN(C(=O)c1sc2nc(-c3cccs3)ccc2c1N)c1ccc([N+](=O)[O-])cc1. The summed E-state index contributed by atoms with van der Waals surface area (Å²) in [5, 5.41) is 13.5. The van der Waals surface area contributed by atoms with Gasteiger partial charge in [-0.15, -0.1) is 22.7 Å². The molecule has 0 bridgehead atoms. The third kappa shape index (κ3) is 3.10. The Kier molecular flexibility index (Phi) is 4.54. The van der Waals surface area contributed by atoms with Crippen LogP contribution in [0.2, 0.25) is 0 Å². The highest BCUT2D eigenvalue weighted by Crippen LogP contribution is 2.36. The third-order valence-electron chi connectivity index (χ3n) is 4.31. The van der Waals surface area contributed by atoms with Gasteiger partial charge in [-0.05, 0) is 35.7 Å². The summed E-state index contributed by atoms with van der Waals surface area (Å²) in [6.07, 6.45) is 0. The summed E-state index contributed by atoms with van der Waals surface area (Å²) in [6.45, 7) is 0. The normalized spacial score (nSPS) is 10.9. The van der Waals surface area contributed by atoms with Gasteiger partial charge in [-0.25, -0.2) is 4.98 Å². The number of hydrogen-bond acceptors (Lipinski definition) is 7. The van der Waals surface area contributed by atoms with Crippen LogP contribution in [0.15, 0.2) is 53.9 Å². The molecular formula is C19H14N4O3S2. The van der Waals surface area contributed by atoms with Crippen LogP contribution in [-0.4, -0.2) is 22.9 Å². The molecule has 0 spiro atoms. The summed E-state index contributed by atoms with van der Waals surface area (Å²) in [5.74, 6) is -0.285. The van der Waals surface area contributed by atoms with Crippen molar-refractivity contribution in [3.8, 4) is 10.6 Å². The minimum Gasteiger partial charge on any atom is -0.397 e. The molecule has 0 radical (unpaired) electrons. The molecule has 1 aromatic carbocycles. The van der Waals surface area contributed by atoms with Crippen LogP contribution in [0.4, 0.5) is 17.1 Å². The topological polar surface area (TPSA) is 102 Å². The molecule has 28 heavy (non-hydrogen) atoms. The number of non-ortho nitro benzene ring substituents is 1. The first-order valence-corrected chi connectivity index (χ1v) is 9.90. The second kappa shape index (κ2) is 7.02. The van der Waals surface area contributed by atoms with Crippen molar-refractivity contribution < 1.29 is 9.72 Å². The number of pyridine rings is 1. The van der Waals surface area contributed by atoms with Crippen LogP contribution in [0, 0.1) is 10.1 Å². The summed E-state index contributed by atoms with van der Waals surface area (Å²) in [6, 6.07) is 13.5. The highest BCUT2D eigenvalue weighted by molar-refractivity contribution is 7.21. The van der Waals surface area contributed by atoms with Gasteiger partial charge in [0, 0.05) is 30.3 Å². The van der Waals surface area contributed by atoms with Crippen LogP contribution in [0.3, 0.4) is 0 Å². The molecule has 2 N–H and O–H groups in total. The predicted molar refractivity (Wildman–Crippen MR) is 113 cm³/mol. The number of nitrogens with zero attached hydrogens (tertiary/aromatic N) is 3. The zero-order valence-corrected chi connectivity index (χ0v) is 16.3. The first kappa shape index (κ1) is 18.1. The largest absolute Gasteiger partial charge is 0.397 e. The molecule has 0 aliphatic rings. The van der Waals surface area contributed by atoms with Crippen molar-refractivity contribution in [2.24, 2.45) is 0 Å². The van der Waals surface area contributed by atoms with Crippen molar-refractivity contribution in [3.05, 3.63) is 68.9 Å². The number of nitrogen functional groups attached to an aromatic ring is 1. The summed E-state index contributed by atoms with van der Waals surface area (Å²) >= 11 is 2.84. The number of carbonyl (C=O) groups is 1. The van der Waals surface area contributed by atoms with Crippen LogP contribution in [0.5, 0.6) is 0 Å². The highest BCUT2D eigenvalue weighted by Gasteiger charge is 2.22. The van der Waals surface area contributed by atoms with Gasteiger partial charge in [-0.1, -0.05) is 6.07 Å². The van der Waals surface area contributed by atoms with E-state index in [9.17, 15) is 14.9 Å². The molecule has 0 saturated heterocycles. The van der Waals surface area contributed by atoms with E-state index in [1.807, 2.05) is 29.6 Å². The van der Waals surface area contributed by atoms with Crippen molar-refractivity contribution in [1.82, 2.24) is 4.98 Å². The molecule has 0 aliphatic heterocycles. The van der Waals surface area contributed by atoms with E-state index in [2.05, 4.69) is 4.98 Å². The van der Waals surface area contributed by atoms with Crippen molar-refractivity contribution in [2.75, 3.05) is 17.7 Å². The Morgan fingerprint density at radius 2 is 1.93 bits per heavy atom. The molecule has 7 nitrogen and oxygen atoms in total. The molecule has 0 unspecified atom stereocenters. The Balaban J connectivity index is 1.68. The van der Waals surface area contributed by atoms with Crippen LogP contribution in [-0.2, 0) is 0 Å². The molecule has 4 aromatic rings. The standard InChI is InChI=1S/C19H14N4O3S2/c1-22(11-4-6-12(7-5-11)23(25)26)19(24)17-16(20)13-8-9-14(21-18(13)28-17)15-3-2-10-27-15/h2-10H,20H2,1H3. The van der Waals surface area contributed by atoms with E-state index in [1.54, 1.807) is 18.4 Å². The lowest BCUT2D eigenvalue weighted by atomic mass is 10.2. The smallest absolute Gasteiger partial charge is 0.270 e. The van der Waals surface area contributed by atoms with Gasteiger partial charge in [0.25, 0.3) is 11.6 Å². The van der Waals surface area contributed by atoms with E-state index < -0.39 is 4.92 Å². The third-order valence-corrected chi connectivity index (χ3v) is 6.31. The van der Waals surface area contributed by atoms with E-state index in [-0.39, 0.29) is 11.6 Å². The maximum atomic E-state index is 13.0. The fourth-order valence-corrected chi connectivity index (χ4v) is 4.55. The second-order valence-corrected chi connectivity index (χ2v) is 7.96. The average molecular weight is 410 g/mol. The Hall–Kier alpha value is -3.30. The van der Waals surface area contributed by atoms with Crippen LogP contribution in [0.1, 0.15) is 9.67 Å². The molecule has 9 heteroatoms. The molecule has 140 valence electrons. The molecule has 0 saturated carbocycles. The molecule has 0 aliphatic carbocycles. The maximum absolute atomic E-state index is 13.0. The Labute approximate surface area is 167 Å². The lowest BCUT2D eigenvalue weighted by molar-refractivity contribution is -0.384. The van der Waals surface area contributed by atoms with Gasteiger partial charge in [-0.2, -0.15) is 0 Å². The van der Waals surface area contributed by atoms with E-state index in [0.717, 1.165) is 16.0 Å². The van der Waals surface area contributed by atoms with Crippen molar-refractivity contribution in [1.29, 1.82) is 0 Å². The number of fused-ring (bicyclic) bond motifs is 1. The number of nitro groups is 1. The molecule has 3 heterocycles. The number of amides is 1. The number of thiophene rings is 2. The molecule has 1 amide bonds. The molecule has 3 aromatic heterocycles. The van der Waals surface area contributed by atoms with E-state index in [0.29, 0.717) is 21.1 Å². The first-order valence-electron chi connectivity index (χ1n) is 8.21. The lowest BCUT2D eigenvalue weighted by Gasteiger charge is -2.16. The van der Waals surface area contributed by atoms with Gasteiger partial charge in [0.2, 0.25) is 0 Å². The number of rotatable bonds is 4. The average Bonchev–Trinajstić information content (AvgIpc) is 3.35. The quantitative estimate of drug-likeness (QED) is 0.385. The highest BCUT2D eigenvalue weighted by atomic mass is 32.1. The number of carbonyl (C=O) groups excluding carboxylic acids is 1. The van der Waals surface area contributed by atoms with Crippen LogP contribution in [0.25, 0.3) is 20.8 Å². The molecule has 0 fully saturated rings. The minimum absolute atomic E-state index is 0.0312. The zero-order valence-electron chi connectivity index (χ0n) is 14.7. The van der Waals surface area contributed by atoms with Crippen molar-refractivity contribution in [2.45, 2.75) is 0 Å². The van der Waals surface area contributed by atoms with E-state index in [1.165, 1.54) is 40.5 Å². The molecular weight excluding hydrogens is 396 g/mol. The van der Waals surface area contributed by atoms with Gasteiger partial charge in [0.1, 0.15) is 9.71 Å². The first-order chi connectivity index (χ1) is 13.5. The number of nitrogens with two attached hydrogens (primary N) is 1. The van der Waals surface area contributed by atoms with Gasteiger partial charge in [0.15, 0.2) is 0 Å². The number of benzene rings is 1. The summed E-state index contributed by atoms with van der Waals surface area (Å²) < 4.78 is 0. The van der Waals surface area contributed by atoms with Crippen LogP contribution < -0.4 is 10.6 Å².